The number of hydrogen-bond donors (Lipinski definition) is 2. The van der Waals surface area contributed by atoms with Gasteiger partial charge in [-0.25, -0.2) is 0 Å². The lowest BCUT2D eigenvalue weighted by molar-refractivity contribution is -0.137. The van der Waals surface area contributed by atoms with Crippen LogP contribution in [0.25, 0.3) is 0 Å². The van der Waals surface area contributed by atoms with Crippen LogP contribution in [0, 0.1) is 0 Å². The summed E-state index contributed by atoms with van der Waals surface area (Å²) in [5.74, 6) is -0.115. The maximum Gasteiger partial charge on any atom is 0.239 e. The van der Waals surface area contributed by atoms with Crippen molar-refractivity contribution >= 4 is 11.8 Å². The summed E-state index contributed by atoms with van der Waals surface area (Å²) in [6, 6.07) is 0. The number of nitrogens with one attached hydrogen (secondary N) is 2. The highest BCUT2D eigenvalue weighted by Gasteiger charge is 2.21. The van der Waals surface area contributed by atoms with Crippen LogP contribution in [0.1, 0.15) is 0 Å². The van der Waals surface area contributed by atoms with Crippen LogP contribution in [-0.2, 0) is 14.3 Å². The number of carbonyl (C=O) groups is 2. The van der Waals surface area contributed by atoms with Gasteiger partial charge in [0.15, 0.2) is 0 Å². The highest BCUT2D eigenvalue weighted by atomic mass is 16.5. The molecule has 0 saturated carbocycles. The first kappa shape index (κ1) is 14.2. The summed E-state index contributed by atoms with van der Waals surface area (Å²) < 4.78 is 5.60. The van der Waals surface area contributed by atoms with Crippen molar-refractivity contribution in [1.82, 2.24) is 20.4 Å². The van der Waals surface area contributed by atoms with Gasteiger partial charge in [-0.3, -0.25) is 9.59 Å². The minimum Gasteiger partial charge on any atom is -0.374 e. The van der Waals surface area contributed by atoms with E-state index in [1.54, 1.807) is 4.90 Å². The minimum atomic E-state index is -0.0863. The molecule has 0 radical (unpaired) electrons. The number of piperazine rings is 1. The van der Waals surface area contributed by atoms with Gasteiger partial charge in [0.05, 0.1) is 25.8 Å². The molecule has 0 unspecified atom stereocenters. The number of amides is 2. The molecule has 2 amide bonds. The lowest BCUT2D eigenvalue weighted by Crippen LogP contribution is -2.52. The minimum absolute atomic E-state index is 0.0287. The van der Waals surface area contributed by atoms with E-state index < -0.39 is 0 Å². The number of hydrogen-bond acceptors (Lipinski definition) is 5. The molecular weight excluding hydrogens is 248 g/mol. The van der Waals surface area contributed by atoms with E-state index in [2.05, 4.69) is 22.6 Å². The third kappa shape index (κ3) is 4.45. The van der Waals surface area contributed by atoms with Gasteiger partial charge in [0.1, 0.15) is 0 Å². The van der Waals surface area contributed by atoms with Crippen LogP contribution in [0.15, 0.2) is 0 Å². The van der Waals surface area contributed by atoms with E-state index in [9.17, 15) is 9.59 Å². The van der Waals surface area contributed by atoms with Gasteiger partial charge in [0.2, 0.25) is 11.8 Å². The molecule has 0 spiro atoms. The van der Waals surface area contributed by atoms with E-state index in [0.29, 0.717) is 19.6 Å². The van der Waals surface area contributed by atoms with Crippen LogP contribution in [-0.4, -0.2) is 87.2 Å². The van der Waals surface area contributed by atoms with Gasteiger partial charge in [0, 0.05) is 32.7 Å². The fourth-order valence-electron chi connectivity index (χ4n) is 2.29. The molecule has 2 heterocycles. The van der Waals surface area contributed by atoms with Crippen LogP contribution < -0.4 is 10.6 Å². The monoisotopic (exact) mass is 270 g/mol. The zero-order chi connectivity index (χ0) is 13.7. The Bertz CT molecular complexity index is 337. The molecule has 0 aliphatic carbocycles. The van der Waals surface area contributed by atoms with E-state index in [4.69, 9.17) is 4.74 Å². The Morgan fingerprint density at radius 2 is 2.37 bits per heavy atom. The van der Waals surface area contributed by atoms with E-state index in [1.165, 1.54) is 0 Å². The fraction of sp³-hybridized carbons (Fsp3) is 0.833. The number of carbonyl (C=O) groups excluding carboxylic acids is 2. The van der Waals surface area contributed by atoms with Crippen LogP contribution >= 0.6 is 0 Å². The lowest BCUT2D eigenvalue weighted by Gasteiger charge is -2.30. The number of morpholine rings is 1. The molecule has 0 aromatic rings. The molecule has 2 rings (SSSR count). The quantitative estimate of drug-likeness (QED) is 0.610. The molecular formula is C12H22N4O3. The summed E-state index contributed by atoms with van der Waals surface area (Å²) in [6.45, 7) is 4.81. The van der Waals surface area contributed by atoms with Crippen molar-refractivity contribution in [2.45, 2.75) is 6.10 Å². The molecule has 2 saturated heterocycles. The topological polar surface area (TPSA) is 73.9 Å². The molecule has 2 aliphatic rings. The highest BCUT2D eigenvalue weighted by molar-refractivity contribution is 5.86. The van der Waals surface area contributed by atoms with Gasteiger partial charge in [0.25, 0.3) is 0 Å². The van der Waals surface area contributed by atoms with Crippen LogP contribution in [0.4, 0.5) is 0 Å². The summed E-state index contributed by atoms with van der Waals surface area (Å²) in [7, 11) is 2.06. The van der Waals surface area contributed by atoms with Gasteiger partial charge in [-0.1, -0.05) is 0 Å². The Hall–Kier alpha value is -1.18. The molecule has 7 nitrogen and oxygen atoms in total. The maximum atomic E-state index is 11.9. The first-order chi connectivity index (χ1) is 9.15. The highest BCUT2D eigenvalue weighted by Crippen LogP contribution is 2.01. The number of rotatable bonds is 4. The van der Waals surface area contributed by atoms with Gasteiger partial charge in [-0.2, -0.15) is 0 Å². The standard InChI is InChI=1S/C12H22N4O3/c1-15-4-5-19-10(8-15)6-13-7-12(18)16-3-2-14-11(17)9-16/h10,13H,2-9H2,1H3,(H,14,17)/t10-/m0/s1. The van der Waals surface area contributed by atoms with Gasteiger partial charge in [-0.05, 0) is 7.05 Å². The second-order valence-electron chi connectivity index (χ2n) is 5.05. The third-order valence-corrected chi connectivity index (χ3v) is 3.38. The first-order valence-corrected chi connectivity index (χ1v) is 6.70. The Labute approximate surface area is 113 Å². The number of likely N-dealkylation sites (N-methyl/N-ethyl adjacent to an activating group) is 1. The average molecular weight is 270 g/mol. The van der Waals surface area contributed by atoms with E-state index in [1.807, 2.05) is 0 Å². The summed E-state index contributed by atoms with van der Waals surface area (Å²) in [5, 5.41) is 5.81. The fourth-order valence-corrected chi connectivity index (χ4v) is 2.29. The molecule has 0 aromatic heterocycles. The summed E-state index contributed by atoms with van der Waals surface area (Å²) in [4.78, 5) is 26.9. The zero-order valence-corrected chi connectivity index (χ0v) is 11.4. The largest absolute Gasteiger partial charge is 0.374 e. The Kier molecular flexibility index (Phi) is 5.12. The molecule has 0 bridgehead atoms. The predicted molar refractivity (Wildman–Crippen MR) is 69.7 cm³/mol. The third-order valence-electron chi connectivity index (χ3n) is 3.38. The van der Waals surface area contributed by atoms with Crippen LogP contribution in [0.3, 0.4) is 0 Å². The zero-order valence-electron chi connectivity index (χ0n) is 11.4. The lowest BCUT2D eigenvalue weighted by atomic mass is 10.3. The SMILES string of the molecule is CN1CCO[C@@H](CNCC(=O)N2CCNC(=O)C2)C1. The van der Waals surface area contributed by atoms with E-state index in [-0.39, 0.29) is 31.0 Å². The van der Waals surface area contributed by atoms with E-state index >= 15 is 0 Å². The second-order valence-corrected chi connectivity index (χ2v) is 5.05. The molecule has 1 atom stereocenters. The van der Waals surface area contributed by atoms with E-state index in [0.717, 1.165) is 19.7 Å². The van der Waals surface area contributed by atoms with Crippen molar-refractivity contribution in [1.29, 1.82) is 0 Å². The summed E-state index contributed by atoms with van der Waals surface area (Å²) >= 11 is 0. The first-order valence-electron chi connectivity index (χ1n) is 6.70. The molecule has 2 N–H and O–H groups in total. The van der Waals surface area contributed by atoms with Gasteiger partial charge >= 0.3 is 0 Å². The molecule has 108 valence electrons. The van der Waals surface area contributed by atoms with Crippen LogP contribution in [0.5, 0.6) is 0 Å². The van der Waals surface area contributed by atoms with Crippen molar-refractivity contribution in [2.24, 2.45) is 0 Å². The molecule has 19 heavy (non-hydrogen) atoms. The number of nitrogens with zero attached hydrogens (tertiary/aromatic N) is 2. The predicted octanol–water partition coefficient (Wildman–Crippen LogP) is -2.13. The Morgan fingerprint density at radius 1 is 1.53 bits per heavy atom. The Morgan fingerprint density at radius 3 is 3.11 bits per heavy atom. The van der Waals surface area contributed by atoms with Crippen molar-refractivity contribution < 1.29 is 14.3 Å². The number of ether oxygens (including phenoxy) is 1. The molecule has 0 aromatic carbocycles. The van der Waals surface area contributed by atoms with Crippen molar-refractivity contribution in [3.05, 3.63) is 0 Å². The van der Waals surface area contributed by atoms with Crippen molar-refractivity contribution in [3.8, 4) is 0 Å². The second kappa shape index (κ2) is 6.83. The average Bonchev–Trinajstić information content (AvgIpc) is 2.38. The molecule has 7 heteroatoms. The van der Waals surface area contributed by atoms with Crippen molar-refractivity contribution in [2.75, 3.05) is 59.5 Å². The Balaban J connectivity index is 1.64. The van der Waals surface area contributed by atoms with Gasteiger partial charge in [-0.15, -0.1) is 0 Å². The maximum absolute atomic E-state index is 11.9. The van der Waals surface area contributed by atoms with Crippen molar-refractivity contribution in [3.63, 3.8) is 0 Å². The summed E-state index contributed by atoms with van der Waals surface area (Å²) in [6.07, 6.45) is 0.135. The normalized spacial score (nSPS) is 25.2. The summed E-state index contributed by atoms with van der Waals surface area (Å²) in [5.41, 5.74) is 0. The van der Waals surface area contributed by atoms with Gasteiger partial charge < -0.3 is 25.2 Å². The van der Waals surface area contributed by atoms with Crippen LogP contribution in [0.2, 0.25) is 0 Å². The molecule has 2 aliphatic heterocycles. The molecule has 2 fully saturated rings. The smallest absolute Gasteiger partial charge is 0.239 e.